The van der Waals surface area contributed by atoms with Gasteiger partial charge in [0, 0.05) is 24.8 Å². The van der Waals surface area contributed by atoms with Crippen molar-refractivity contribution in [2.24, 2.45) is 11.8 Å². The quantitative estimate of drug-likeness (QED) is 0.773. The van der Waals surface area contributed by atoms with Gasteiger partial charge in [0.2, 0.25) is 0 Å². The molecule has 3 atom stereocenters. The van der Waals surface area contributed by atoms with E-state index in [1.165, 1.54) is 18.7 Å². The minimum atomic E-state index is 0.482. The highest BCUT2D eigenvalue weighted by atomic mass is 15.2. The van der Waals surface area contributed by atoms with E-state index in [-0.39, 0.29) is 0 Å². The molecule has 1 aliphatic heterocycles. The van der Waals surface area contributed by atoms with Crippen LogP contribution in [0.25, 0.3) is 0 Å². The van der Waals surface area contributed by atoms with E-state index in [4.69, 9.17) is 5.73 Å². The Balaban J connectivity index is 2.11. The van der Waals surface area contributed by atoms with Crippen molar-refractivity contribution in [3.05, 3.63) is 29.8 Å². The van der Waals surface area contributed by atoms with Gasteiger partial charge in [-0.3, -0.25) is 4.90 Å². The van der Waals surface area contributed by atoms with Crippen LogP contribution in [-0.2, 0) is 0 Å². The Morgan fingerprint density at radius 3 is 2.44 bits per heavy atom. The lowest BCUT2D eigenvalue weighted by Gasteiger charge is -2.24. The molecule has 3 unspecified atom stereocenters. The molecular formula is C14H22N2. The molecule has 0 saturated carbocycles. The fourth-order valence-electron chi connectivity index (χ4n) is 2.52. The summed E-state index contributed by atoms with van der Waals surface area (Å²) in [5.41, 5.74) is 8.03. The van der Waals surface area contributed by atoms with E-state index in [1.54, 1.807) is 0 Å². The maximum Gasteiger partial charge on any atom is 0.0320 e. The van der Waals surface area contributed by atoms with Gasteiger partial charge in [-0.1, -0.05) is 26.0 Å². The largest absolute Gasteiger partial charge is 0.399 e. The number of anilines is 1. The zero-order chi connectivity index (χ0) is 11.7. The Bertz CT molecular complexity index is 352. The Morgan fingerprint density at radius 2 is 1.88 bits per heavy atom. The third kappa shape index (κ3) is 2.22. The summed E-state index contributed by atoms with van der Waals surface area (Å²) in [5.74, 6) is 1.62. The van der Waals surface area contributed by atoms with Gasteiger partial charge in [-0.05, 0) is 36.5 Å². The summed E-state index contributed by atoms with van der Waals surface area (Å²) in [4.78, 5) is 2.56. The second-order valence-electron chi connectivity index (χ2n) is 5.25. The van der Waals surface area contributed by atoms with Crippen molar-refractivity contribution in [1.29, 1.82) is 0 Å². The number of nitrogens with zero attached hydrogens (tertiary/aromatic N) is 1. The predicted molar refractivity (Wildman–Crippen MR) is 69.2 cm³/mol. The molecule has 88 valence electrons. The minimum absolute atomic E-state index is 0.482. The van der Waals surface area contributed by atoms with E-state index in [9.17, 15) is 0 Å². The van der Waals surface area contributed by atoms with Gasteiger partial charge < -0.3 is 5.73 Å². The molecule has 16 heavy (non-hydrogen) atoms. The summed E-state index contributed by atoms with van der Waals surface area (Å²) in [7, 11) is 0. The molecule has 0 spiro atoms. The maximum absolute atomic E-state index is 5.83. The first-order valence-corrected chi connectivity index (χ1v) is 6.17. The fourth-order valence-corrected chi connectivity index (χ4v) is 2.52. The van der Waals surface area contributed by atoms with Gasteiger partial charge in [-0.15, -0.1) is 0 Å². The standard InChI is InChI=1S/C14H22N2/c1-10-8-16(9-11(10)2)12(3)13-5-4-6-14(15)7-13/h4-7,10-12H,8-9,15H2,1-3H3. The molecule has 2 rings (SSSR count). The van der Waals surface area contributed by atoms with Crippen LogP contribution >= 0.6 is 0 Å². The Labute approximate surface area is 98.4 Å². The molecule has 1 aromatic rings. The SMILES string of the molecule is CC1CN(C(C)c2cccc(N)c2)CC1C. The van der Waals surface area contributed by atoms with Crippen molar-refractivity contribution in [3.63, 3.8) is 0 Å². The molecule has 1 aliphatic rings. The molecule has 0 bridgehead atoms. The van der Waals surface area contributed by atoms with Gasteiger partial charge in [0.15, 0.2) is 0 Å². The van der Waals surface area contributed by atoms with Crippen molar-refractivity contribution in [2.45, 2.75) is 26.8 Å². The van der Waals surface area contributed by atoms with Gasteiger partial charge in [0.1, 0.15) is 0 Å². The van der Waals surface area contributed by atoms with E-state index in [1.807, 2.05) is 12.1 Å². The first-order valence-electron chi connectivity index (χ1n) is 6.17. The van der Waals surface area contributed by atoms with E-state index in [0.29, 0.717) is 6.04 Å². The molecule has 0 aliphatic carbocycles. The van der Waals surface area contributed by atoms with Gasteiger partial charge in [-0.25, -0.2) is 0 Å². The van der Waals surface area contributed by atoms with Crippen molar-refractivity contribution in [2.75, 3.05) is 18.8 Å². The van der Waals surface area contributed by atoms with Crippen LogP contribution in [0.5, 0.6) is 0 Å². The van der Waals surface area contributed by atoms with Gasteiger partial charge in [-0.2, -0.15) is 0 Å². The molecule has 0 amide bonds. The first-order chi connectivity index (χ1) is 7.58. The van der Waals surface area contributed by atoms with Gasteiger partial charge in [0.25, 0.3) is 0 Å². The van der Waals surface area contributed by atoms with Crippen LogP contribution < -0.4 is 5.73 Å². The van der Waals surface area contributed by atoms with E-state index in [0.717, 1.165) is 17.5 Å². The maximum atomic E-state index is 5.83. The van der Waals surface area contributed by atoms with Gasteiger partial charge >= 0.3 is 0 Å². The van der Waals surface area contributed by atoms with Crippen molar-refractivity contribution in [3.8, 4) is 0 Å². The molecule has 0 radical (unpaired) electrons. The summed E-state index contributed by atoms with van der Waals surface area (Å²) >= 11 is 0. The van der Waals surface area contributed by atoms with Crippen LogP contribution in [0, 0.1) is 11.8 Å². The Kier molecular flexibility index (Phi) is 3.20. The number of benzene rings is 1. The molecule has 2 heteroatoms. The zero-order valence-corrected chi connectivity index (χ0v) is 10.5. The highest BCUT2D eigenvalue weighted by Crippen LogP contribution is 2.30. The number of hydrogen-bond acceptors (Lipinski definition) is 2. The first kappa shape index (κ1) is 11.5. The Morgan fingerprint density at radius 1 is 1.25 bits per heavy atom. The molecule has 1 aromatic carbocycles. The minimum Gasteiger partial charge on any atom is -0.399 e. The average molecular weight is 218 g/mol. The van der Waals surface area contributed by atoms with E-state index < -0.39 is 0 Å². The second kappa shape index (κ2) is 4.46. The Hall–Kier alpha value is -1.02. The lowest BCUT2D eigenvalue weighted by atomic mass is 10.0. The summed E-state index contributed by atoms with van der Waals surface area (Å²) in [6.45, 7) is 9.38. The average Bonchev–Trinajstić information content (AvgIpc) is 2.58. The summed E-state index contributed by atoms with van der Waals surface area (Å²) in [6, 6.07) is 8.75. The zero-order valence-electron chi connectivity index (χ0n) is 10.5. The smallest absolute Gasteiger partial charge is 0.0320 e. The second-order valence-corrected chi connectivity index (χ2v) is 5.25. The number of likely N-dealkylation sites (tertiary alicyclic amines) is 1. The van der Waals surface area contributed by atoms with Crippen LogP contribution in [0.1, 0.15) is 32.4 Å². The van der Waals surface area contributed by atoms with Crippen LogP contribution in [0.3, 0.4) is 0 Å². The molecule has 2 N–H and O–H groups in total. The molecule has 1 heterocycles. The predicted octanol–water partition coefficient (Wildman–Crippen LogP) is 2.92. The third-order valence-electron chi connectivity index (χ3n) is 3.96. The summed E-state index contributed by atoms with van der Waals surface area (Å²) in [6.07, 6.45) is 0. The summed E-state index contributed by atoms with van der Waals surface area (Å²) in [5, 5.41) is 0. The van der Waals surface area contributed by atoms with Crippen molar-refractivity contribution in [1.82, 2.24) is 4.90 Å². The number of rotatable bonds is 2. The molecule has 1 fully saturated rings. The van der Waals surface area contributed by atoms with Crippen LogP contribution in [0.2, 0.25) is 0 Å². The van der Waals surface area contributed by atoms with E-state index in [2.05, 4.69) is 37.8 Å². The lowest BCUT2D eigenvalue weighted by Crippen LogP contribution is -2.24. The summed E-state index contributed by atoms with van der Waals surface area (Å²) < 4.78 is 0. The molecule has 2 nitrogen and oxygen atoms in total. The van der Waals surface area contributed by atoms with Crippen LogP contribution in [0.4, 0.5) is 5.69 Å². The molecule has 1 saturated heterocycles. The molecule has 0 aromatic heterocycles. The lowest BCUT2D eigenvalue weighted by molar-refractivity contribution is 0.251. The van der Waals surface area contributed by atoms with Gasteiger partial charge in [0.05, 0.1) is 0 Å². The monoisotopic (exact) mass is 218 g/mol. The highest BCUT2D eigenvalue weighted by Gasteiger charge is 2.29. The van der Waals surface area contributed by atoms with Crippen LogP contribution in [0.15, 0.2) is 24.3 Å². The number of nitrogen functional groups attached to an aromatic ring is 1. The van der Waals surface area contributed by atoms with Crippen molar-refractivity contribution < 1.29 is 0 Å². The van der Waals surface area contributed by atoms with Crippen molar-refractivity contribution >= 4 is 5.69 Å². The highest BCUT2D eigenvalue weighted by molar-refractivity contribution is 5.41. The fraction of sp³-hybridized carbons (Fsp3) is 0.571. The van der Waals surface area contributed by atoms with E-state index >= 15 is 0 Å². The normalized spacial score (nSPS) is 28.2. The number of nitrogens with two attached hydrogens (primary N) is 1. The number of hydrogen-bond donors (Lipinski definition) is 1. The topological polar surface area (TPSA) is 29.3 Å². The molecular weight excluding hydrogens is 196 g/mol. The third-order valence-corrected chi connectivity index (χ3v) is 3.96. The van der Waals surface area contributed by atoms with Crippen LogP contribution in [-0.4, -0.2) is 18.0 Å².